The standard InChI is InChI=1S/C23H20Cl2N2O4S3/c1-13-11-19-21(32-16(4)26-19)12-20(13)27(33(28,29)22-9-5-7-17(24)14(22)2)34(30,31)23-10-6-8-18(25)15(23)3/h5-12H,1-4H3. The number of aryl methyl sites for hydroxylation is 2. The number of halogens is 2. The zero-order valence-corrected chi connectivity index (χ0v) is 22.6. The lowest BCUT2D eigenvalue weighted by atomic mass is 10.2. The number of rotatable bonds is 5. The van der Waals surface area contributed by atoms with Crippen LogP contribution in [0.1, 0.15) is 21.7 Å². The van der Waals surface area contributed by atoms with Gasteiger partial charge < -0.3 is 0 Å². The summed E-state index contributed by atoms with van der Waals surface area (Å²) in [5.74, 6) is 0. The maximum atomic E-state index is 14.1. The predicted octanol–water partition coefficient (Wildman–Crippen LogP) is 6.42. The summed E-state index contributed by atoms with van der Waals surface area (Å²) < 4.78 is 57.4. The minimum absolute atomic E-state index is 0.00917. The van der Waals surface area contributed by atoms with Gasteiger partial charge in [-0.2, -0.15) is 20.5 Å². The largest absolute Gasteiger partial charge is 0.278 e. The van der Waals surface area contributed by atoms with Crippen LogP contribution in [-0.4, -0.2) is 21.8 Å². The highest BCUT2D eigenvalue weighted by Crippen LogP contribution is 2.39. The predicted molar refractivity (Wildman–Crippen MR) is 138 cm³/mol. The van der Waals surface area contributed by atoms with E-state index in [0.29, 0.717) is 19.5 Å². The summed E-state index contributed by atoms with van der Waals surface area (Å²) >= 11 is 13.8. The Morgan fingerprint density at radius 3 is 1.79 bits per heavy atom. The SMILES string of the molecule is Cc1nc2cc(C)c(N(S(=O)(=O)c3cccc(Cl)c3C)S(=O)(=O)c3cccc(Cl)c3C)cc2s1. The molecular formula is C23H20Cl2N2O4S3. The van der Waals surface area contributed by atoms with Gasteiger partial charge in [-0.15, -0.1) is 11.3 Å². The molecule has 4 aromatic rings. The first-order valence-electron chi connectivity index (χ1n) is 10.0. The maximum Gasteiger partial charge on any atom is 0.278 e. The maximum absolute atomic E-state index is 14.1. The fourth-order valence-electron chi connectivity index (χ4n) is 3.68. The van der Waals surface area contributed by atoms with Crippen molar-refractivity contribution in [1.29, 1.82) is 0 Å². The Kier molecular flexibility index (Phi) is 6.46. The highest BCUT2D eigenvalue weighted by Gasteiger charge is 2.40. The van der Waals surface area contributed by atoms with Crippen LogP contribution in [0.15, 0.2) is 58.3 Å². The van der Waals surface area contributed by atoms with Gasteiger partial charge in [0, 0.05) is 10.0 Å². The molecule has 0 saturated carbocycles. The molecule has 0 aliphatic heterocycles. The molecule has 1 aromatic heterocycles. The minimum Gasteiger partial charge on any atom is -0.242 e. The topological polar surface area (TPSA) is 84.4 Å². The van der Waals surface area contributed by atoms with Crippen molar-refractivity contribution in [2.24, 2.45) is 0 Å². The molecule has 0 radical (unpaired) electrons. The quantitative estimate of drug-likeness (QED) is 0.284. The van der Waals surface area contributed by atoms with E-state index < -0.39 is 20.0 Å². The van der Waals surface area contributed by atoms with E-state index in [1.165, 1.54) is 49.4 Å². The summed E-state index contributed by atoms with van der Waals surface area (Å²) in [4.78, 5) is 4.02. The average Bonchev–Trinajstić information content (AvgIpc) is 3.10. The summed E-state index contributed by atoms with van der Waals surface area (Å²) in [6.07, 6.45) is 0. The summed E-state index contributed by atoms with van der Waals surface area (Å²) in [6.45, 7) is 6.55. The monoisotopic (exact) mass is 554 g/mol. The van der Waals surface area contributed by atoms with Crippen LogP contribution < -0.4 is 3.71 Å². The van der Waals surface area contributed by atoms with E-state index in [9.17, 15) is 16.8 Å². The van der Waals surface area contributed by atoms with Gasteiger partial charge in [0.2, 0.25) is 0 Å². The number of nitrogens with zero attached hydrogens (tertiary/aromatic N) is 2. The highest BCUT2D eigenvalue weighted by atomic mass is 35.5. The molecule has 0 N–H and O–H groups in total. The van der Waals surface area contributed by atoms with Crippen molar-refractivity contribution in [3.63, 3.8) is 0 Å². The van der Waals surface area contributed by atoms with Crippen molar-refractivity contribution in [2.45, 2.75) is 37.5 Å². The number of benzene rings is 3. The van der Waals surface area contributed by atoms with Crippen LogP contribution in [0.3, 0.4) is 0 Å². The molecule has 3 aromatic carbocycles. The molecule has 0 spiro atoms. The fourth-order valence-corrected chi connectivity index (χ4v) is 9.26. The molecule has 0 atom stereocenters. The van der Waals surface area contributed by atoms with Gasteiger partial charge in [0.1, 0.15) is 0 Å². The minimum atomic E-state index is -4.63. The van der Waals surface area contributed by atoms with Crippen LogP contribution >= 0.6 is 34.5 Å². The second kappa shape index (κ2) is 8.80. The Morgan fingerprint density at radius 2 is 1.29 bits per heavy atom. The lowest BCUT2D eigenvalue weighted by Gasteiger charge is -2.27. The van der Waals surface area contributed by atoms with Crippen LogP contribution in [0.4, 0.5) is 5.69 Å². The number of fused-ring (bicyclic) bond motifs is 1. The van der Waals surface area contributed by atoms with Crippen LogP contribution in [0.25, 0.3) is 10.2 Å². The first-order valence-corrected chi connectivity index (χ1v) is 14.5. The molecule has 178 valence electrons. The highest BCUT2D eigenvalue weighted by molar-refractivity contribution is 8.10. The second-order valence-corrected chi connectivity index (χ2v) is 13.6. The first-order chi connectivity index (χ1) is 15.9. The molecule has 0 saturated heterocycles. The van der Waals surface area contributed by atoms with Crippen molar-refractivity contribution in [1.82, 2.24) is 4.98 Å². The molecule has 0 fully saturated rings. The van der Waals surface area contributed by atoms with Gasteiger partial charge in [-0.1, -0.05) is 35.3 Å². The van der Waals surface area contributed by atoms with Crippen LogP contribution in [0, 0.1) is 27.7 Å². The number of thiazole rings is 1. The van der Waals surface area contributed by atoms with Gasteiger partial charge in [-0.25, -0.2) is 4.98 Å². The Labute approximate surface area is 212 Å². The molecule has 4 rings (SSSR count). The Bertz CT molecular complexity index is 1580. The van der Waals surface area contributed by atoms with Crippen molar-refractivity contribution in [3.8, 4) is 0 Å². The molecule has 11 heteroatoms. The summed E-state index contributed by atoms with van der Waals surface area (Å²) in [5, 5.41) is 1.20. The molecule has 0 bridgehead atoms. The van der Waals surface area contributed by atoms with E-state index >= 15 is 0 Å². The fraction of sp³-hybridized carbons (Fsp3) is 0.174. The zero-order chi connectivity index (χ0) is 25.0. The van der Waals surface area contributed by atoms with Crippen LogP contribution in [0.5, 0.6) is 0 Å². The molecule has 0 unspecified atom stereocenters. The molecule has 6 nitrogen and oxygen atoms in total. The Morgan fingerprint density at radius 1 is 0.794 bits per heavy atom. The Hall–Kier alpha value is -2.17. The van der Waals surface area contributed by atoms with Crippen LogP contribution in [-0.2, 0) is 20.0 Å². The summed E-state index contributed by atoms with van der Waals surface area (Å²) in [7, 11) is -9.25. The van der Waals surface area contributed by atoms with Gasteiger partial charge >= 0.3 is 0 Å². The normalized spacial score (nSPS) is 12.3. The van der Waals surface area contributed by atoms with E-state index in [4.69, 9.17) is 23.2 Å². The lowest BCUT2D eigenvalue weighted by Crippen LogP contribution is -2.38. The molecular weight excluding hydrogens is 535 g/mol. The van der Waals surface area contributed by atoms with E-state index in [0.717, 1.165) is 5.01 Å². The summed E-state index contributed by atoms with van der Waals surface area (Å²) in [6, 6.07) is 12.0. The van der Waals surface area contributed by atoms with Gasteiger partial charge in [-0.3, -0.25) is 0 Å². The third-order valence-electron chi connectivity index (χ3n) is 5.44. The van der Waals surface area contributed by atoms with Crippen LogP contribution in [0.2, 0.25) is 10.0 Å². The number of hydrogen-bond acceptors (Lipinski definition) is 6. The Balaban J connectivity index is 2.10. The number of sulfonamides is 2. The van der Waals surface area contributed by atoms with Crippen molar-refractivity contribution >= 4 is 70.5 Å². The van der Waals surface area contributed by atoms with E-state index in [1.807, 2.05) is 6.92 Å². The lowest BCUT2D eigenvalue weighted by molar-refractivity contribution is 0.583. The van der Waals surface area contributed by atoms with Gasteiger partial charge in [-0.05, 0) is 80.8 Å². The third kappa shape index (κ3) is 4.09. The van der Waals surface area contributed by atoms with Crippen molar-refractivity contribution < 1.29 is 16.8 Å². The van der Waals surface area contributed by atoms with Gasteiger partial charge in [0.25, 0.3) is 20.0 Å². The average molecular weight is 556 g/mol. The van der Waals surface area contributed by atoms with E-state index in [2.05, 4.69) is 4.98 Å². The van der Waals surface area contributed by atoms with Crippen molar-refractivity contribution in [2.75, 3.05) is 3.71 Å². The number of aromatic nitrogens is 1. The van der Waals surface area contributed by atoms with Crippen molar-refractivity contribution in [3.05, 3.63) is 80.3 Å². The summed E-state index contributed by atoms with van der Waals surface area (Å²) in [5.41, 5.74) is 1.61. The molecule has 1 heterocycles. The molecule has 0 amide bonds. The zero-order valence-electron chi connectivity index (χ0n) is 18.6. The van der Waals surface area contributed by atoms with Gasteiger partial charge in [0.05, 0.1) is 30.7 Å². The van der Waals surface area contributed by atoms with Gasteiger partial charge in [0.15, 0.2) is 0 Å². The third-order valence-corrected chi connectivity index (χ3v) is 11.6. The molecule has 34 heavy (non-hydrogen) atoms. The second-order valence-electron chi connectivity index (χ2n) is 7.77. The first kappa shape index (κ1) is 24.9. The molecule has 0 aliphatic rings. The number of hydrogen-bond donors (Lipinski definition) is 0. The number of anilines is 1. The van der Waals surface area contributed by atoms with E-state index in [1.54, 1.807) is 31.2 Å². The smallest absolute Gasteiger partial charge is 0.242 e. The van der Waals surface area contributed by atoms with E-state index in [-0.39, 0.29) is 36.7 Å². The molecule has 0 aliphatic carbocycles.